The van der Waals surface area contributed by atoms with E-state index in [-0.39, 0.29) is 17.6 Å². The SMILES string of the molecule is CCOc1ccc(NC(=O)c2cn(C3COC3)nn2)c2ncccc12. The number of hydrogen-bond acceptors (Lipinski definition) is 6. The minimum absolute atomic E-state index is 0.155. The zero-order valence-electron chi connectivity index (χ0n) is 13.7. The number of ether oxygens (including phenoxy) is 2. The monoisotopic (exact) mass is 339 g/mol. The summed E-state index contributed by atoms with van der Waals surface area (Å²) in [5, 5.41) is 11.6. The van der Waals surface area contributed by atoms with E-state index in [1.165, 1.54) is 0 Å². The minimum atomic E-state index is -0.331. The molecule has 1 aliphatic heterocycles. The number of rotatable bonds is 5. The molecule has 0 unspecified atom stereocenters. The van der Waals surface area contributed by atoms with Crippen LogP contribution >= 0.6 is 0 Å². The van der Waals surface area contributed by atoms with Crippen molar-refractivity contribution in [3.8, 4) is 5.75 Å². The highest BCUT2D eigenvalue weighted by atomic mass is 16.5. The van der Waals surface area contributed by atoms with Crippen LogP contribution in [-0.2, 0) is 4.74 Å². The second-order valence-electron chi connectivity index (χ2n) is 5.67. The molecule has 25 heavy (non-hydrogen) atoms. The van der Waals surface area contributed by atoms with Crippen LogP contribution in [0.25, 0.3) is 10.9 Å². The predicted molar refractivity (Wildman–Crippen MR) is 90.7 cm³/mol. The summed E-state index contributed by atoms with van der Waals surface area (Å²) in [6, 6.07) is 7.51. The highest BCUT2D eigenvalue weighted by molar-refractivity contribution is 6.08. The number of aromatic nitrogens is 4. The molecule has 8 heteroatoms. The van der Waals surface area contributed by atoms with E-state index < -0.39 is 0 Å². The maximum Gasteiger partial charge on any atom is 0.277 e. The summed E-state index contributed by atoms with van der Waals surface area (Å²) in [4.78, 5) is 16.9. The molecule has 8 nitrogen and oxygen atoms in total. The fourth-order valence-electron chi connectivity index (χ4n) is 2.65. The lowest BCUT2D eigenvalue weighted by Gasteiger charge is -2.25. The summed E-state index contributed by atoms with van der Waals surface area (Å²) in [5.74, 6) is 0.405. The molecule has 1 fully saturated rings. The second-order valence-corrected chi connectivity index (χ2v) is 5.67. The normalized spacial score (nSPS) is 14.3. The molecule has 0 spiro atoms. The van der Waals surface area contributed by atoms with Crippen molar-refractivity contribution in [2.75, 3.05) is 25.1 Å². The topological polar surface area (TPSA) is 91.2 Å². The number of anilines is 1. The Bertz CT molecular complexity index is 920. The fourth-order valence-corrected chi connectivity index (χ4v) is 2.65. The van der Waals surface area contributed by atoms with E-state index in [0.717, 1.165) is 11.1 Å². The number of benzene rings is 1. The number of fused-ring (bicyclic) bond motifs is 1. The van der Waals surface area contributed by atoms with Gasteiger partial charge in [0, 0.05) is 11.6 Å². The van der Waals surface area contributed by atoms with Gasteiger partial charge in [-0.3, -0.25) is 9.78 Å². The van der Waals surface area contributed by atoms with E-state index in [2.05, 4.69) is 20.6 Å². The van der Waals surface area contributed by atoms with Gasteiger partial charge in [-0.05, 0) is 31.2 Å². The lowest BCUT2D eigenvalue weighted by Crippen LogP contribution is -2.31. The third kappa shape index (κ3) is 2.91. The van der Waals surface area contributed by atoms with Crippen molar-refractivity contribution in [3.63, 3.8) is 0 Å². The zero-order chi connectivity index (χ0) is 17.2. The van der Waals surface area contributed by atoms with Crippen molar-refractivity contribution in [2.45, 2.75) is 13.0 Å². The van der Waals surface area contributed by atoms with E-state index in [1.807, 2.05) is 25.1 Å². The highest BCUT2D eigenvalue weighted by Gasteiger charge is 2.23. The molecule has 4 rings (SSSR count). The van der Waals surface area contributed by atoms with Crippen molar-refractivity contribution in [3.05, 3.63) is 42.4 Å². The maximum atomic E-state index is 12.5. The molecule has 3 heterocycles. The van der Waals surface area contributed by atoms with Crippen LogP contribution in [0.2, 0.25) is 0 Å². The van der Waals surface area contributed by atoms with Crippen molar-refractivity contribution >= 4 is 22.5 Å². The van der Waals surface area contributed by atoms with Crippen LogP contribution in [0.4, 0.5) is 5.69 Å². The summed E-state index contributed by atoms with van der Waals surface area (Å²) in [5.41, 5.74) is 1.53. The molecule has 0 aliphatic carbocycles. The Hall–Kier alpha value is -3.00. The first kappa shape index (κ1) is 15.5. The largest absolute Gasteiger partial charge is 0.493 e. The average Bonchev–Trinajstić information content (AvgIpc) is 3.05. The molecule has 128 valence electrons. The molecule has 0 bridgehead atoms. The Morgan fingerprint density at radius 2 is 2.28 bits per heavy atom. The first-order valence-electron chi connectivity index (χ1n) is 8.07. The number of hydrogen-bond donors (Lipinski definition) is 1. The first-order valence-corrected chi connectivity index (χ1v) is 8.07. The Labute approximate surface area is 143 Å². The molecular formula is C17H17N5O3. The molecular weight excluding hydrogens is 322 g/mol. The van der Waals surface area contributed by atoms with Crippen LogP contribution in [0.1, 0.15) is 23.5 Å². The lowest BCUT2D eigenvalue weighted by molar-refractivity contribution is -0.0293. The molecule has 1 amide bonds. The summed E-state index contributed by atoms with van der Waals surface area (Å²) in [6.07, 6.45) is 3.31. The fraction of sp³-hybridized carbons (Fsp3) is 0.294. The van der Waals surface area contributed by atoms with Gasteiger partial charge in [0.25, 0.3) is 5.91 Å². The molecule has 0 radical (unpaired) electrons. The molecule has 1 aliphatic rings. The molecule has 0 saturated carbocycles. The van der Waals surface area contributed by atoms with E-state index in [9.17, 15) is 4.79 Å². The van der Waals surface area contributed by atoms with Crippen LogP contribution in [0.5, 0.6) is 5.75 Å². The average molecular weight is 339 g/mol. The Morgan fingerprint density at radius 3 is 3.04 bits per heavy atom. The molecule has 1 N–H and O–H groups in total. The lowest BCUT2D eigenvalue weighted by atomic mass is 10.1. The van der Waals surface area contributed by atoms with Crippen LogP contribution in [0, 0.1) is 0 Å². The van der Waals surface area contributed by atoms with Gasteiger partial charge in [0.15, 0.2) is 5.69 Å². The number of amides is 1. The van der Waals surface area contributed by atoms with E-state index in [4.69, 9.17) is 9.47 Å². The van der Waals surface area contributed by atoms with Gasteiger partial charge in [0.2, 0.25) is 0 Å². The van der Waals surface area contributed by atoms with Gasteiger partial charge in [-0.2, -0.15) is 0 Å². The maximum absolute atomic E-state index is 12.5. The van der Waals surface area contributed by atoms with Gasteiger partial charge < -0.3 is 14.8 Å². The third-order valence-electron chi connectivity index (χ3n) is 4.02. The Kier molecular flexibility index (Phi) is 4.02. The Balaban J connectivity index is 1.60. The standard InChI is InChI=1S/C17H17N5O3/c1-2-25-15-6-5-13(16-12(15)4-3-7-18-16)19-17(23)14-8-22(21-20-14)11-9-24-10-11/h3-8,11H,2,9-10H2,1H3,(H,19,23). The van der Waals surface area contributed by atoms with Gasteiger partial charge in [0.05, 0.1) is 37.2 Å². The number of nitrogens with zero attached hydrogens (tertiary/aromatic N) is 4. The number of carbonyl (C=O) groups excluding carboxylic acids is 1. The van der Waals surface area contributed by atoms with Gasteiger partial charge >= 0.3 is 0 Å². The second kappa shape index (κ2) is 6.48. The molecule has 2 aromatic heterocycles. The highest BCUT2D eigenvalue weighted by Crippen LogP contribution is 2.30. The number of carbonyl (C=O) groups is 1. The molecule has 0 atom stereocenters. The van der Waals surface area contributed by atoms with Crippen molar-refractivity contribution < 1.29 is 14.3 Å². The van der Waals surface area contributed by atoms with Gasteiger partial charge in [-0.1, -0.05) is 5.21 Å². The van der Waals surface area contributed by atoms with E-state index >= 15 is 0 Å². The number of pyridine rings is 1. The minimum Gasteiger partial charge on any atom is -0.493 e. The smallest absolute Gasteiger partial charge is 0.277 e. The van der Waals surface area contributed by atoms with Crippen LogP contribution in [-0.4, -0.2) is 45.7 Å². The van der Waals surface area contributed by atoms with E-state index in [1.54, 1.807) is 23.1 Å². The van der Waals surface area contributed by atoms with Crippen LogP contribution < -0.4 is 10.1 Å². The van der Waals surface area contributed by atoms with Crippen molar-refractivity contribution in [1.82, 2.24) is 20.0 Å². The third-order valence-corrected chi connectivity index (χ3v) is 4.02. The van der Waals surface area contributed by atoms with Crippen molar-refractivity contribution in [2.24, 2.45) is 0 Å². The first-order chi connectivity index (χ1) is 12.3. The van der Waals surface area contributed by atoms with E-state index in [0.29, 0.717) is 31.0 Å². The molecule has 3 aromatic rings. The van der Waals surface area contributed by atoms with Gasteiger partial charge in [-0.25, -0.2) is 4.68 Å². The quantitative estimate of drug-likeness (QED) is 0.765. The number of nitrogens with one attached hydrogen (secondary N) is 1. The summed E-state index contributed by atoms with van der Waals surface area (Å²) < 4.78 is 12.4. The predicted octanol–water partition coefficient (Wildman–Crippen LogP) is 2.05. The molecule has 1 saturated heterocycles. The summed E-state index contributed by atoms with van der Waals surface area (Å²) in [7, 11) is 0. The molecule has 1 aromatic carbocycles. The van der Waals surface area contributed by atoms with Crippen molar-refractivity contribution in [1.29, 1.82) is 0 Å². The van der Waals surface area contributed by atoms with Crippen LogP contribution in [0.15, 0.2) is 36.7 Å². The summed E-state index contributed by atoms with van der Waals surface area (Å²) in [6.45, 7) is 3.67. The zero-order valence-corrected chi connectivity index (χ0v) is 13.7. The van der Waals surface area contributed by atoms with Gasteiger partial charge in [-0.15, -0.1) is 5.10 Å². The summed E-state index contributed by atoms with van der Waals surface area (Å²) >= 11 is 0. The van der Waals surface area contributed by atoms with Gasteiger partial charge in [0.1, 0.15) is 11.8 Å². The van der Waals surface area contributed by atoms with Crippen LogP contribution in [0.3, 0.4) is 0 Å². The Morgan fingerprint density at radius 1 is 1.40 bits per heavy atom.